The Balaban J connectivity index is 1.46. The van der Waals surface area contributed by atoms with E-state index >= 15 is 0 Å². The largest absolute Gasteiger partial charge is 0.497 e. The van der Waals surface area contributed by atoms with Crippen LogP contribution in [0.1, 0.15) is 49.9 Å². The third-order valence-electron chi connectivity index (χ3n) is 13.3. The molecule has 7 bridgehead atoms. The van der Waals surface area contributed by atoms with Crippen LogP contribution in [0.25, 0.3) is 0 Å². The van der Waals surface area contributed by atoms with Gasteiger partial charge in [0.05, 0.1) is 37.6 Å². The Bertz CT molecular complexity index is 1360. The summed E-state index contributed by atoms with van der Waals surface area (Å²) < 4.78 is 43.6. The molecule has 11 nitrogen and oxygen atoms in total. The molecule has 11 heteroatoms. The standard InChI is InChI=1S/C35H49NO10/c1-8-36-17-32(18-40-3)14-13-23(42-5)35-22-15-33(39)24(43-6)16-34(46-19(2)37,26(29(35)36)27(44-7)28(32)35)25(22)30(33)45-31(38)20-9-11-21(41-4)12-10-20/h9-12,22-30,39H,8,13-18H2,1-7H3/t22-,23+,24-,25-,26+,27+,28+,29-,30+,32-,33-,34+,35+/m1/s1. The van der Waals surface area contributed by atoms with E-state index in [2.05, 4.69) is 11.8 Å². The molecule has 0 radical (unpaired) electrons. The fourth-order valence-electron chi connectivity index (χ4n) is 12.4. The van der Waals surface area contributed by atoms with Gasteiger partial charge < -0.3 is 38.3 Å². The Morgan fingerprint density at radius 3 is 2.28 bits per heavy atom. The number of fused-ring (bicyclic) bond motifs is 2. The van der Waals surface area contributed by atoms with Crippen LogP contribution in [0, 0.1) is 34.5 Å². The summed E-state index contributed by atoms with van der Waals surface area (Å²) in [6.45, 7) is 5.80. The van der Waals surface area contributed by atoms with E-state index in [-0.39, 0.29) is 47.8 Å². The number of nitrogens with zero attached hydrogens (tertiary/aromatic N) is 1. The summed E-state index contributed by atoms with van der Waals surface area (Å²) in [6.07, 6.45) is 0.142. The van der Waals surface area contributed by atoms with Gasteiger partial charge in [-0.3, -0.25) is 9.69 Å². The number of aliphatic hydroxyl groups is 1. The van der Waals surface area contributed by atoms with Crippen LogP contribution in [0.2, 0.25) is 0 Å². The van der Waals surface area contributed by atoms with Gasteiger partial charge in [-0.1, -0.05) is 6.92 Å². The second-order valence-electron chi connectivity index (χ2n) is 14.6. The lowest BCUT2D eigenvalue weighted by Gasteiger charge is -2.69. The monoisotopic (exact) mass is 643 g/mol. The quantitative estimate of drug-likeness (QED) is 0.379. The molecule has 1 heterocycles. The lowest BCUT2D eigenvalue weighted by molar-refractivity contribution is -0.287. The molecule has 1 aliphatic heterocycles. The summed E-state index contributed by atoms with van der Waals surface area (Å²) in [6, 6.07) is 6.66. The molecule has 0 amide bonds. The van der Waals surface area contributed by atoms with Crippen molar-refractivity contribution in [2.24, 2.45) is 34.5 Å². The molecule has 46 heavy (non-hydrogen) atoms. The number of esters is 2. The second-order valence-corrected chi connectivity index (χ2v) is 14.6. The van der Waals surface area contributed by atoms with Crippen molar-refractivity contribution < 1.29 is 47.9 Å². The van der Waals surface area contributed by atoms with Gasteiger partial charge in [-0.25, -0.2) is 4.79 Å². The van der Waals surface area contributed by atoms with Gasteiger partial charge in [0.1, 0.15) is 23.1 Å². The van der Waals surface area contributed by atoms with Crippen molar-refractivity contribution in [1.82, 2.24) is 4.90 Å². The fraction of sp³-hybridized carbons (Fsp3) is 0.771. The van der Waals surface area contributed by atoms with Crippen LogP contribution in [-0.4, -0.2) is 119 Å². The average molecular weight is 644 g/mol. The lowest BCUT2D eigenvalue weighted by atomic mass is 9.43. The number of piperidine rings is 1. The van der Waals surface area contributed by atoms with Gasteiger partial charge in [-0.2, -0.15) is 0 Å². The maximum atomic E-state index is 13.9. The van der Waals surface area contributed by atoms with Crippen molar-refractivity contribution in [2.45, 2.75) is 81.2 Å². The molecular weight excluding hydrogens is 594 g/mol. The number of rotatable bonds is 10. The molecule has 7 rings (SSSR count). The predicted molar refractivity (Wildman–Crippen MR) is 164 cm³/mol. The molecule has 5 saturated carbocycles. The van der Waals surface area contributed by atoms with Crippen LogP contribution in [0.15, 0.2) is 24.3 Å². The van der Waals surface area contributed by atoms with Crippen LogP contribution in [0.3, 0.4) is 0 Å². The molecule has 1 N–H and O–H groups in total. The zero-order valence-electron chi connectivity index (χ0n) is 28.0. The normalized spacial score (nSPS) is 46.6. The van der Waals surface area contributed by atoms with Gasteiger partial charge in [0, 0.05) is 83.0 Å². The Kier molecular flexibility index (Phi) is 7.81. The molecule has 254 valence electrons. The topological polar surface area (TPSA) is 122 Å². The minimum atomic E-state index is -1.51. The molecule has 6 aliphatic rings. The zero-order valence-corrected chi connectivity index (χ0v) is 28.0. The summed E-state index contributed by atoms with van der Waals surface area (Å²) in [5, 5.41) is 12.8. The fourth-order valence-corrected chi connectivity index (χ4v) is 12.4. The lowest BCUT2D eigenvalue weighted by Crippen LogP contribution is -2.77. The molecule has 5 aliphatic carbocycles. The summed E-state index contributed by atoms with van der Waals surface area (Å²) in [7, 11) is 8.44. The first-order valence-electron chi connectivity index (χ1n) is 16.6. The smallest absolute Gasteiger partial charge is 0.338 e. The number of ether oxygens (including phenoxy) is 7. The van der Waals surface area contributed by atoms with E-state index in [1.54, 1.807) is 59.8 Å². The number of hydrogen-bond donors (Lipinski definition) is 1. The summed E-state index contributed by atoms with van der Waals surface area (Å²) in [5.41, 5.74) is -3.03. The third kappa shape index (κ3) is 3.87. The van der Waals surface area contributed by atoms with E-state index in [1.165, 1.54) is 6.92 Å². The Morgan fingerprint density at radius 2 is 1.70 bits per heavy atom. The van der Waals surface area contributed by atoms with Crippen LogP contribution in [0.5, 0.6) is 5.75 Å². The molecule has 13 atom stereocenters. The number of methoxy groups -OCH3 is 5. The van der Waals surface area contributed by atoms with Crippen LogP contribution >= 0.6 is 0 Å². The van der Waals surface area contributed by atoms with Crippen LogP contribution in [0.4, 0.5) is 0 Å². The highest BCUT2D eigenvalue weighted by Gasteiger charge is 2.89. The minimum Gasteiger partial charge on any atom is -0.497 e. The third-order valence-corrected chi connectivity index (χ3v) is 13.3. The van der Waals surface area contributed by atoms with Crippen molar-refractivity contribution in [3.05, 3.63) is 29.8 Å². The number of carbonyl (C=O) groups excluding carboxylic acids is 2. The van der Waals surface area contributed by atoms with Gasteiger partial charge in [0.15, 0.2) is 0 Å². The summed E-state index contributed by atoms with van der Waals surface area (Å²) >= 11 is 0. The van der Waals surface area contributed by atoms with Gasteiger partial charge in [0.2, 0.25) is 0 Å². The molecule has 1 aromatic carbocycles. The molecule has 0 aromatic heterocycles. The minimum absolute atomic E-state index is 0.00534. The Labute approximate surface area is 271 Å². The summed E-state index contributed by atoms with van der Waals surface area (Å²) in [4.78, 5) is 29.7. The first kappa shape index (κ1) is 32.3. The van der Waals surface area contributed by atoms with Crippen LogP contribution in [-0.2, 0) is 33.2 Å². The van der Waals surface area contributed by atoms with E-state index in [0.717, 1.165) is 25.9 Å². The Morgan fingerprint density at radius 1 is 0.978 bits per heavy atom. The van der Waals surface area contributed by atoms with Gasteiger partial charge in [0.25, 0.3) is 0 Å². The molecule has 6 fully saturated rings. The van der Waals surface area contributed by atoms with E-state index < -0.39 is 46.7 Å². The highest BCUT2D eigenvalue weighted by atomic mass is 16.6. The van der Waals surface area contributed by atoms with Gasteiger partial charge >= 0.3 is 11.9 Å². The van der Waals surface area contributed by atoms with Crippen molar-refractivity contribution in [3.63, 3.8) is 0 Å². The molecular formula is C35H49NO10. The SMILES string of the molecule is CCN1C[C@@]2(COC)CC[C@H](OC)[C@@]34[C@@H]5C[C@@]6(O)[C@H](OC)C[C@](OC(C)=O)([C@H]5[C@@H]6OC(=O)c5ccc(OC)cc5)[C@@H]([C@H](OC)[C@@H]23)[C@@H]14. The van der Waals surface area contributed by atoms with E-state index in [1.807, 2.05) is 0 Å². The molecule has 1 aromatic rings. The van der Waals surface area contributed by atoms with Gasteiger partial charge in [-0.15, -0.1) is 0 Å². The van der Waals surface area contributed by atoms with E-state index in [0.29, 0.717) is 24.3 Å². The van der Waals surface area contributed by atoms with Gasteiger partial charge in [-0.05, 0) is 56.0 Å². The number of carbonyl (C=O) groups is 2. The van der Waals surface area contributed by atoms with Crippen molar-refractivity contribution in [3.8, 4) is 5.75 Å². The summed E-state index contributed by atoms with van der Waals surface area (Å²) in [5.74, 6) is -1.38. The van der Waals surface area contributed by atoms with Crippen molar-refractivity contribution >= 4 is 11.9 Å². The maximum absolute atomic E-state index is 13.9. The average Bonchev–Trinajstić information content (AvgIpc) is 3.42. The number of likely N-dealkylation sites (tertiary alicyclic amines) is 1. The Hall–Kier alpha value is -2.28. The number of hydrogen-bond acceptors (Lipinski definition) is 11. The number of benzene rings is 1. The van der Waals surface area contributed by atoms with E-state index in [9.17, 15) is 14.7 Å². The predicted octanol–water partition coefficient (Wildman–Crippen LogP) is 2.72. The van der Waals surface area contributed by atoms with E-state index in [4.69, 9.17) is 33.2 Å². The van der Waals surface area contributed by atoms with Crippen molar-refractivity contribution in [1.29, 1.82) is 0 Å². The molecule has 0 unspecified atom stereocenters. The highest BCUT2D eigenvalue weighted by Crippen LogP contribution is 2.80. The maximum Gasteiger partial charge on any atom is 0.338 e. The molecule has 1 spiro atoms. The first-order valence-corrected chi connectivity index (χ1v) is 16.6. The highest BCUT2D eigenvalue weighted by molar-refractivity contribution is 5.89. The zero-order chi connectivity index (χ0) is 32.8. The first-order chi connectivity index (χ1) is 22.1. The van der Waals surface area contributed by atoms with Crippen molar-refractivity contribution in [2.75, 3.05) is 55.2 Å². The second kappa shape index (κ2) is 11.1. The molecule has 1 saturated heterocycles. The van der Waals surface area contributed by atoms with Crippen LogP contribution < -0.4 is 4.74 Å².